The highest BCUT2D eigenvalue weighted by atomic mass is 16.3. The molecule has 0 spiro atoms. The van der Waals surface area contributed by atoms with Crippen LogP contribution in [0.25, 0.3) is 10.9 Å². The first-order chi connectivity index (χ1) is 13.0. The standard InChI is InChI=1S/C20H25N5O2/c1-23(2)19(27)11-18(26)17-10-16-13-24(8-9-25(16)22-17)12-15-5-3-4-14-6-7-21-20(14)15/h3-7,10,18,21,26H,8-9,11-13H2,1-2H3/t18-/m1/s1. The Bertz CT molecular complexity index is 958. The van der Waals surface area contributed by atoms with E-state index >= 15 is 0 Å². The van der Waals surface area contributed by atoms with Crippen LogP contribution in [0.2, 0.25) is 0 Å². The number of amides is 1. The zero-order valence-corrected chi connectivity index (χ0v) is 15.7. The molecule has 0 saturated heterocycles. The van der Waals surface area contributed by atoms with Crippen LogP contribution in [0.5, 0.6) is 0 Å². The molecule has 0 bridgehead atoms. The first-order valence-electron chi connectivity index (χ1n) is 9.23. The fraction of sp³-hybridized carbons (Fsp3) is 0.400. The predicted octanol–water partition coefficient (Wildman–Crippen LogP) is 1.89. The van der Waals surface area contributed by atoms with E-state index in [0.717, 1.165) is 31.9 Å². The molecule has 0 unspecified atom stereocenters. The van der Waals surface area contributed by atoms with E-state index in [1.54, 1.807) is 14.1 Å². The SMILES string of the molecule is CN(C)C(=O)C[C@@H](O)c1cc2n(n1)CCN(Cc1cccc3cc[nH]c13)C2. The Morgan fingerprint density at radius 2 is 2.19 bits per heavy atom. The van der Waals surface area contributed by atoms with Crippen molar-refractivity contribution >= 4 is 16.8 Å². The molecule has 1 aliphatic heterocycles. The van der Waals surface area contributed by atoms with Crippen molar-refractivity contribution in [3.63, 3.8) is 0 Å². The van der Waals surface area contributed by atoms with Gasteiger partial charge in [-0.05, 0) is 23.1 Å². The number of aromatic nitrogens is 3. The molecule has 0 aliphatic carbocycles. The van der Waals surface area contributed by atoms with Gasteiger partial charge in [-0.2, -0.15) is 5.10 Å². The molecule has 0 radical (unpaired) electrons. The van der Waals surface area contributed by atoms with E-state index in [2.05, 4.69) is 39.2 Å². The van der Waals surface area contributed by atoms with Crippen molar-refractivity contribution in [3.05, 3.63) is 53.5 Å². The molecule has 3 heterocycles. The minimum absolute atomic E-state index is 0.0575. The summed E-state index contributed by atoms with van der Waals surface area (Å²) in [5.41, 5.74) is 4.12. The number of para-hydroxylation sites is 1. The van der Waals surface area contributed by atoms with E-state index in [1.165, 1.54) is 21.4 Å². The van der Waals surface area contributed by atoms with Crippen LogP contribution in [-0.2, 0) is 24.4 Å². The number of carbonyl (C=O) groups excluding carboxylic acids is 1. The maximum absolute atomic E-state index is 11.8. The molecule has 3 aromatic rings. The van der Waals surface area contributed by atoms with E-state index in [9.17, 15) is 9.90 Å². The Hall–Kier alpha value is -2.64. The Morgan fingerprint density at radius 1 is 1.33 bits per heavy atom. The highest BCUT2D eigenvalue weighted by Crippen LogP contribution is 2.23. The Balaban J connectivity index is 1.46. The maximum Gasteiger partial charge on any atom is 0.225 e. The van der Waals surface area contributed by atoms with Crippen LogP contribution < -0.4 is 0 Å². The van der Waals surface area contributed by atoms with Crippen molar-refractivity contribution in [3.8, 4) is 0 Å². The number of hydrogen-bond donors (Lipinski definition) is 2. The van der Waals surface area contributed by atoms with Crippen molar-refractivity contribution < 1.29 is 9.90 Å². The molecule has 142 valence electrons. The molecule has 1 atom stereocenters. The van der Waals surface area contributed by atoms with Gasteiger partial charge in [0.05, 0.1) is 24.4 Å². The number of fused-ring (bicyclic) bond motifs is 2. The number of benzene rings is 1. The van der Waals surface area contributed by atoms with E-state index in [4.69, 9.17) is 0 Å². The summed E-state index contributed by atoms with van der Waals surface area (Å²) in [5, 5.41) is 16.1. The van der Waals surface area contributed by atoms with Gasteiger partial charge in [-0.1, -0.05) is 18.2 Å². The number of aliphatic hydroxyl groups is 1. The van der Waals surface area contributed by atoms with Gasteiger partial charge in [0.25, 0.3) is 0 Å². The van der Waals surface area contributed by atoms with Crippen LogP contribution in [0.15, 0.2) is 36.5 Å². The maximum atomic E-state index is 11.8. The van der Waals surface area contributed by atoms with E-state index < -0.39 is 6.10 Å². The summed E-state index contributed by atoms with van der Waals surface area (Å²) in [7, 11) is 3.38. The van der Waals surface area contributed by atoms with Crippen molar-refractivity contribution in [2.45, 2.75) is 32.2 Å². The van der Waals surface area contributed by atoms with Gasteiger partial charge in [0, 0.05) is 45.4 Å². The first-order valence-corrected chi connectivity index (χ1v) is 9.23. The number of aliphatic hydroxyl groups excluding tert-OH is 1. The Labute approximate surface area is 158 Å². The second-order valence-corrected chi connectivity index (χ2v) is 7.36. The van der Waals surface area contributed by atoms with Gasteiger partial charge in [0.15, 0.2) is 0 Å². The van der Waals surface area contributed by atoms with E-state index in [-0.39, 0.29) is 12.3 Å². The van der Waals surface area contributed by atoms with Crippen LogP contribution in [0.4, 0.5) is 0 Å². The molecule has 7 nitrogen and oxygen atoms in total. The summed E-state index contributed by atoms with van der Waals surface area (Å²) in [6, 6.07) is 10.4. The molecule has 7 heteroatoms. The summed E-state index contributed by atoms with van der Waals surface area (Å²) in [5.74, 6) is -0.103. The highest BCUT2D eigenvalue weighted by Gasteiger charge is 2.23. The Kier molecular flexibility index (Phi) is 4.72. The van der Waals surface area contributed by atoms with Gasteiger partial charge in [0.1, 0.15) is 6.10 Å². The number of rotatable bonds is 5. The third kappa shape index (κ3) is 3.61. The molecular weight excluding hydrogens is 342 g/mol. The lowest BCUT2D eigenvalue weighted by Gasteiger charge is -2.27. The normalized spacial score (nSPS) is 15.7. The van der Waals surface area contributed by atoms with Gasteiger partial charge >= 0.3 is 0 Å². The fourth-order valence-electron chi connectivity index (χ4n) is 3.62. The number of aromatic amines is 1. The van der Waals surface area contributed by atoms with Gasteiger partial charge in [0.2, 0.25) is 5.91 Å². The van der Waals surface area contributed by atoms with Gasteiger partial charge in [-0.15, -0.1) is 0 Å². The lowest BCUT2D eigenvalue weighted by Crippen LogP contribution is -2.33. The summed E-state index contributed by atoms with van der Waals surface area (Å²) < 4.78 is 1.95. The Morgan fingerprint density at radius 3 is 3.00 bits per heavy atom. The van der Waals surface area contributed by atoms with E-state index in [1.807, 2.05) is 16.9 Å². The third-order valence-corrected chi connectivity index (χ3v) is 5.17. The summed E-state index contributed by atoms with van der Waals surface area (Å²) in [6.45, 7) is 3.32. The van der Waals surface area contributed by atoms with Gasteiger partial charge < -0.3 is 15.0 Å². The number of hydrogen-bond acceptors (Lipinski definition) is 4. The minimum Gasteiger partial charge on any atom is -0.386 e. The number of nitrogens with one attached hydrogen (secondary N) is 1. The zero-order valence-electron chi connectivity index (χ0n) is 15.7. The number of nitrogens with zero attached hydrogens (tertiary/aromatic N) is 4. The van der Waals surface area contributed by atoms with E-state index in [0.29, 0.717) is 5.69 Å². The van der Waals surface area contributed by atoms with Gasteiger partial charge in [-0.25, -0.2) is 0 Å². The van der Waals surface area contributed by atoms with Crippen molar-refractivity contribution in [1.82, 2.24) is 24.6 Å². The second-order valence-electron chi connectivity index (χ2n) is 7.36. The topological polar surface area (TPSA) is 77.4 Å². The van der Waals surface area contributed by atoms with Crippen molar-refractivity contribution in [2.75, 3.05) is 20.6 Å². The summed E-state index contributed by atoms with van der Waals surface area (Å²) in [4.78, 5) is 19.0. The monoisotopic (exact) mass is 367 g/mol. The lowest BCUT2D eigenvalue weighted by atomic mass is 10.1. The molecule has 2 N–H and O–H groups in total. The highest BCUT2D eigenvalue weighted by molar-refractivity contribution is 5.82. The van der Waals surface area contributed by atoms with Crippen LogP contribution in [0.1, 0.15) is 29.5 Å². The van der Waals surface area contributed by atoms with Crippen LogP contribution in [-0.4, -0.2) is 56.2 Å². The molecule has 0 fully saturated rings. The third-order valence-electron chi connectivity index (χ3n) is 5.17. The van der Waals surface area contributed by atoms with Crippen molar-refractivity contribution in [2.24, 2.45) is 0 Å². The lowest BCUT2D eigenvalue weighted by molar-refractivity contribution is -0.130. The van der Waals surface area contributed by atoms with Crippen LogP contribution in [0.3, 0.4) is 0 Å². The van der Waals surface area contributed by atoms with Crippen LogP contribution >= 0.6 is 0 Å². The molecule has 1 aliphatic rings. The molecule has 1 amide bonds. The quantitative estimate of drug-likeness (QED) is 0.722. The largest absolute Gasteiger partial charge is 0.386 e. The second kappa shape index (κ2) is 7.17. The first kappa shape index (κ1) is 17.8. The van der Waals surface area contributed by atoms with Crippen LogP contribution in [0, 0.1) is 0 Å². The molecule has 0 saturated carbocycles. The molecule has 1 aromatic carbocycles. The minimum atomic E-state index is -0.862. The predicted molar refractivity (Wildman–Crippen MR) is 103 cm³/mol. The van der Waals surface area contributed by atoms with Gasteiger partial charge in [-0.3, -0.25) is 14.4 Å². The average Bonchev–Trinajstić information content (AvgIpc) is 3.28. The molecule has 27 heavy (non-hydrogen) atoms. The summed E-state index contributed by atoms with van der Waals surface area (Å²) in [6.07, 6.45) is 1.17. The smallest absolute Gasteiger partial charge is 0.225 e. The molecular formula is C20H25N5O2. The average molecular weight is 367 g/mol. The number of carbonyl (C=O) groups is 1. The molecule has 4 rings (SSSR count). The fourth-order valence-corrected chi connectivity index (χ4v) is 3.62. The molecule has 2 aromatic heterocycles. The zero-order chi connectivity index (χ0) is 19.0. The van der Waals surface area contributed by atoms with Crippen molar-refractivity contribution in [1.29, 1.82) is 0 Å². The number of H-pyrrole nitrogens is 1. The summed E-state index contributed by atoms with van der Waals surface area (Å²) >= 11 is 0.